The predicted molar refractivity (Wildman–Crippen MR) is 73.4 cm³/mol. The molecule has 6 nitrogen and oxygen atoms in total. The number of ether oxygens (including phenoxy) is 2. The molecule has 0 unspecified atom stereocenters. The van der Waals surface area contributed by atoms with Gasteiger partial charge in [-0.25, -0.2) is 0 Å². The molecule has 0 saturated carbocycles. The van der Waals surface area contributed by atoms with Crippen LogP contribution >= 0.6 is 0 Å². The number of benzene rings is 1. The van der Waals surface area contributed by atoms with Crippen molar-refractivity contribution >= 4 is 11.9 Å². The molecule has 6 heteroatoms. The van der Waals surface area contributed by atoms with E-state index in [9.17, 15) is 9.59 Å². The van der Waals surface area contributed by atoms with Gasteiger partial charge in [0.15, 0.2) is 11.5 Å². The Morgan fingerprint density at radius 3 is 2.55 bits per heavy atom. The Kier molecular flexibility index (Phi) is 5.58. The smallest absolute Gasteiger partial charge is 0.322 e. The van der Waals surface area contributed by atoms with Crippen molar-refractivity contribution in [1.29, 1.82) is 0 Å². The first-order chi connectivity index (χ1) is 9.53. The molecule has 1 aromatic rings. The van der Waals surface area contributed by atoms with Crippen molar-refractivity contribution in [2.45, 2.75) is 6.42 Å². The molecule has 0 aliphatic heterocycles. The first-order valence-corrected chi connectivity index (χ1v) is 5.89. The van der Waals surface area contributed by atoms with E-state index in [1.54, 1.807) is 12.1 Å². The van der Waals surface area contributed by atoms with Crippen LogP contribution in [-0.4, -0.2) is 37.7 Å². The van der Waals surface area contributed by atoms with Crippen molar-refractivity contribution in [3.8, 4) is 11.5 Å². The monoisotopic (exact) mass is 279 g/mol. The average molecular weight is 279 g/mol. The highest BCUT2D eigenvalue weighted by molar-refractivity contribution is 5.96. The van der Waals surface area contributed by atoms with Crippen molar-refractivity contribution in [3.05, 3.63) is 35.9 Å². The lowest BCUT2D eigenvalue weighted by Gasteiger charge is -2.14. The van der Waals surface area contributed by atoms with E-state index in [-0.39, 0.29) is 0 Å². The van der Waals surface area contributed by atoms with E-state index in [1.807, 2.05) is 0 Å². The maximum Gasteiger partial charge on any atom is 0.322 e. The fourth-order valence-corrected chi connectivity index (χ4v) is 1.74. The van der Waals surface area contributed by atoms with E-state index < -0.39 is 18.4 Å². The third-order valence-corrected chi connectivity index (χ3v) is 2.58. The molecule has 0 saturated heterocycles. The van der Waals surface area contributed by atoms with Crippen LogP contribution < -0.4 is 14.8 Å². The second-order valence-electron chi connectivity index (χ2n) is 3.94. The van der Waals surface area contributed by atoms with Gasteiger partial charge in [0.2, 0.25) is 0 Å². The second kappa shape index (κ2) is 7.18. The summed E-state index contributed by atoms with van der Waals surface area (Å²) < 4.78 is 10.4. The molecule has 0 atom stereocenters. The Morgan fingerprint density at radius 1 is 1.35 bits per heavy atom. The first kappa shape index (κ1) is 15.6. The Labute approximate surface area is 117 Å². The second-order valence-corrected chi connectivity index (χ2v) is 3.94. The molecule has 0 aromatic heterocycles. The molecule has 0 spiro atoms. The number of carboxylic acids is 1. The van der Waals surface area contributed by atoms with Crippen LogP contribution in [0.3, 0.4) is 0 Å². The fourth-order valence-electron chi connectivity index (χ4n) is 1.74. The number of aliphatic carboxylic acids is 1. The Morgan fingerprint density at radius 2 is 2.05 bits per heavy atom. The van der Waals surface area contributed by atoms with Crippen molar-refractivity contribution < 1.29 is 24.2 Å². The normalized spacial score (nSPS) is 9.70. The number of allylic oxidation sites excluding steroid dienone is 1. The SMILES string of the molecule is C=CCc1cc(C(=O)NCC(=O)O)cc(OC)c1OC. The number of hydrogen-bond donors (Lipinski definition) is 2. The lowest BCUT2D eigenvalue weighted by molar-refractivity contribution is -0.135. The van der Waals surface area contributed by atoms with Crippen LogP contribution in [0.4, 0.5) is 0 Å². The number of rotatable bonds is 7. The summed E-state index contributed by atoms with van der Waals surface area (Å²) in [5.41, 5.74) is 1.04. The Bertz CT molecular complexity index is 525. The van der Waals surface area contributed by atoms with Gasteiger partial charge in [-0.05, 0) is 18.6 Å². The molecule has 1 aromatic carbocycles. The number of hydrogen-bond acceptors (Lipinski definition) is 4. The van der Waals surface area contributed by atoms with Crippen LogP contribution in [0.15, 0.2) is 24.8 Å². The van der Waals surface area contributed by atoms with E-state index in [4.69, 9.17) is 14.6 Å². The van der Waals surface area contributed by atoms with Gasteiger partial charge in [0, 0.05) is 11.1 Å². The minimum atomic E-state index is -1.11. The lowest BCUT2D eigenvalue weighted by Crippen LogP contribution is -2.29. The summed E-state index contributed by atoms with van der Waals surface area (Å²) in [6.45, 7) is 3.21. The summed E-state index contributed by atoms with van der Waals surface area (Å²) in [5, 5.41) is 10.9. The highest BCUT2D eigenvalue weighted by Gasteiger charge is 2.15. The van der Waals surface area contributed by atoms with E-state index >= 15 is 0 Å². The Hall–Kier alpha value is -2.50. The molecule has 1 amide bonds. The maximum atomic E-state index is 11.9. The number of amides is 1. The van der Waals surface area contributed by atoms with Crippen molar-refractivity contribution in [2.75, 3.05) is 20.8 Å². The Balaban J connectivity index is 3.14. The van der Waals surface area contributed by atoms with Crippen LogP contribution in [0.1, 0.15) is 15.9 Å². The highest BCUT2D eigenvalue weighted by atomic mass is 16.5. The molecular weight excluding hydrogens is 262 g/mol. The molecule has 0 heterocycles. The van der Waals surface area contributed by atoms with Crippen LogP contribution in [0.5, 0.6) is 11.5 Å². The molecule has 2 N–H and O–H groups in total. The van der Waals surface area contributed by atoms with Gasteiger partial charge < -0.3 is 19.9 Å². The number of carbonyl (C=O) groups is 2. The van der Waals surface area contributed by atoms with Crippen molar-refractivity contribution in [2.24, 2.45) is 0 Å². The van der Waals surface area contributed by atoms with Gasteiger partial charge in [-0.1, -0.05) is 6.08 Å². The number of carbonyl (C=O) groups excluding carboxylic acids is 1. The maximum absolute atomic E-state index is 11.9. The molecule has 0 fully saturated rings. The molecular formula is C14H17NO5. The lowest BCUT2D eigenvalue weighted by atomic mass is 10.0. The van der Waals surface area contributed by atoms with Crippen LogP contribution in [0.2, 0.25) is 0 Å². The highest BCUT2D eigenvalue weighted by Crippen LogP contribution is 2.33. The third kappa shape index (κ3) is 3.74. The van der Waals surface area contributed by atoms with Gasteiger partial charge >= 0.3 is 5.97 Å². The molecule has 108 valence electrons. The number of methoxy groups -OCH3 is 2. The zero-order chi connectivity index (χ0) is 15.1. The van der Waals surface area contributed by atoms with Crippen LogP contribution in [-0.2, 0) is 11.2 Å². The molecule has 0 aliphatic rings. The third-order valence-electron chi connectivity index (χ3n) is 2.58. The first-order valence-electron chi connectivity index (χ1n) is 5.89. The van der Waals surface area contributed by atoms with Gasteiger partial charge in [0.25, 0.3) is 5.91 Å². The summed E-state index contributed by atoms with van der Waals surface area (Å²) in [4.78, 5) is 22.3. The van der Waals surface area contributed by atoms with Crippen LogP contribution in [0.25, 0.3) is 0 Å². The zero-order valence-corrected chi connectivity index (χ0v) is 11.4. The van der Waals surface area contributed by atoms with Crippen molar-refractivity contribution in [3.63, 3.8) is 0 Å². The van der Waals surface area contributed by atoms with Gasteiger partial charge in [-0.3, -0.25) is 9.59 Å². The van der Waals surface area contributed by atoms with E-state index in [1.165, 1.54) is 20.3 Å². The summed E-state index contributed by atoms with van der Waals surface area (Å²) >= 11 is 0. The van der Waals surface area contributed by atoms with Gasteiger partial charge in [-0.2, -0.15) is 0 Å². The summed E-state index contributed by atoms with van der Waals surface area (Å²) in [7, 11) is 2.98. The van der Waals surface area contributed by atoms with Gasteiger partial charge in [-0.15, -0.1) is 6.58 Å². The topological polar surface area (TPSA) is 84.9 Å². The molecule has 20 heavy (non-hydrogen) atoms. The minimum absolute atomic E-state index is 0.306. The minimum Gasteiger partial charge on any atom is -0.493 e. The van der Waals surface area contributed by atoms with E-state index in [0.29, 0.717) is 23.5 Å². The molecule has 0 aliphatic carbocycles. The number of nitrogens with one attached hydrogen (secondary N) is 1. The molecule has 0 bridgehead atoms. The number of carboxylic acid groups (broad SMARTS) is 1. The van der Waals surface area contributed by atoms with Crippen molar-refractivity contribution in [1.82, 2.24) is 5.32 Å². The zero-order valence-electron chi connectivity index (χ0n) is 11.4. The summed E-state index contributed by atoms with van der Waals surface area (Å²) in [6.07, 6.45) is 2.18. The quantitative estimate of drug-likeness (QED) is 0.734. The predicted octanol–water partition coefficient (Wildman–Crippen LogP) is 1.25. The molecule has 0 radical (unpaired) electrons. The average Bonchev–Trinajstić information content (AvgIpc) is 2.44. The van der Waals surface area contributed by atoms with Gasteiger partial charge in [0.1, 0.15) is 6.54 Å². The van der Waals surface area contributed by atoms with Gasteiger partial charge in [0.05, 0.1) is 14.2 Å². The fraction of sp³-hybridized carbons (Fsp3) is 0.286. The molecule has 1 rings (SSSR count). The van der Waals surface area contributed by atoms with Crippen LogP contribution in [0, 0.1) is 0 Å². The summed E-state index contributed by atoms with van der Waals surface area (Å²) in [6, 6.07) is 3.13. The standard InChI is InChI=1S/C14H17NO5/c1-4-5-9-6-10(14(18)15-8-12(16)17)7-11(19-2)13(9)20-3/h4,6-7H,1,5,8H2,2-3H3,(H,15,18)(H,16,17). The summed E-state index contributed by atoms with van der Waals surface area (Å²) in [5.74, 6) is -0.654. The largest absolute Gasteiger partial charge is 0.493 e. The van der Waals surface area contributed by atoms with E-state index in [0.717, 1.165) is 5.56 Å². The van der Waals surface area contributed by atoms with E-state index in [2.05, 4.69) is 11.9 Å².